The van der Waals surface area contributed by atoms with Gasteiger partial charge in [0.25, 0.3) is 0 Å². The van der Waals surface area contributed by atoms with E-state index in [2.05, 4.69) is 24.3 Å². The molecule has 1 saturated heterocycles. The second-order valence-electron chi connectivity index (χ2n) is 6.64. The van der Waals surface area contributed by atoms with Crippen molar-refractivity contribution in [3.05, 3.63) is 70.8 Å². The average molecular weight is 290 g/mol. The molecule has 3 heteroatoms. The number of carbonyl (C=O) groups excluding carboxylic acids is 2. The van der Waals surface area contributed by atoms with Crippen LogP contribution in [0.2, 0.25) is 0 Å². The van der Waals surface area contributed by atoms with Gasteiger partial charge in [0.15, 0.2) is 0 Å². The highest BCUT2D eigenvalue weighted by Gasteiger charge is 2.67. The Morgan fingerprint density at radius 2 is 1.36 bits per heavy atom. The molecule has 1 aliphatic heterocycles. The summed E-state index contributed by atoms with van der Waals surface area (Å²) in [6, 6.07) is 16.3. The van der Waals surface area contributed by atoms with Gasteiger partial charge >= 0.3 is 11.9 Å². The van der Waals surface area contributed by atoms with Crippen LogP contribution >= 0.6 is 0 Å². The van der Waals surface area contributed by atoms with Crippen LogP contribution in [0.1, 0.15) is 41.0 Å². The molecule has 2 bridgehead atoms. The van der Waals surface area contributed by atoms with Crippen LogP contribution < -0.4 is 0 Å². The minimum absolute atomic E-state index is 0.0821. The van der Waals surface area contributed by atoms with Gasteiger partial charge < -0.3 is 4.74 Å². The summed E-state index contributed by atoms with van der Waals surface area (Å²) < 4.78 is 5.08. The van der Waals surface area contributed by atoms with Gasteiger partial charge in [-0.2, -0.15) is 0 Å². The third kappa shape index (κ3) is 1.12. The summed E-state index contributed by atoms with van der Waals surface area (Å²) in [4.78, 5) is 24.9. The van der Waals surface area contributed by atoms with E-state index in [9.17, 15) is 9.59 Å². The van der Waals surface area contributed by atoms with Crippen molar-refractivity contribution in [2.45, 2.75) is 18.8 Å². The molecule has 22 heavy (non-hydrogen) atoms. The SMILES string of the molecule is C[C@@]12C(=O)OC(=O)[C@@H]1C1c3ccccc3C2c2ccccc21. The van der Waals surface area contributed by atoms with Crippen molar-refractivity contribution in [1.82, 2.24) is 0 Å². The average Bonchev–Trinajstić information content (AvgIpc) is 2.77. The maximum atomic E-state index is 12.5. The van der Waals surface area contributed by atoms with Crippen LogP contribution in [0.25, 0.3) is 0 Å². The fourth-order valence-electron chi connectivity index (χ4n) is 4.87. The van der Waals surface area contributed by atoms with Crippen molar-refractivity contribution in [3.8, 4) is 0 Å². The molecule has 2 aromatic rings. The van der Waals surface area contributed by atoms with E-state index >= 15 is 0 Å². The zero-order chi connectivity index (χ0) is 15.1. The molecule has 3 aliphatic carbocycles. The van der Waals surface area contributed by atoms with Gasteiger partial charge in [0.05, 0.1) is 11.3 Å². The molecule has 1 fully saturated rings. The van der Waals surface area contributed by atoms with Crippen LogP contribution in [0.15, 0.2) is 48.5 Å². The van der Waals surface area contributed by atoms with Crippen molar-refractivity contribution in [2.24, 2.45) is 11.3 Å². The molecule has 2 atom stereocenters. The van der Waals surface area contributed by atoms with Crippen molar-refractivity contribution in [3.63, 3.8) is 0 Å². The lowest BCUT2D eigenvalue weighted by Crippen LogP contribution is -2.49. The number of carbonyl (C=O) groups is 2. The van der Waals surface area contributed by atoms with E-state index in [-0.39, 0.29) is 23.8 Å². The summed E-state index contributed by atoms with van der Waals surface area (Å²) in [5.41, 5.74) is 3.87. The largest absolute Gasteiger partial charge is 0.392 e. The minimum Gasteiger partial charge on any atom is -0.392 e. The first kappa shape index (κ1) is 12.2. The molecule has 0 aromatic heterocycles. The van der Waals surface area contributed by atoms with Gasteiger partial charge in [0.1, 0.15) is 0 Å². The van der Waals surface area contributed by atoms with Crippen LogP contribution in [0.4, 0.5) is 0 Å². The highest BCUT2D eigenvalue weighted by Crippen LogP contribution is 2.66. The fourth-order valence-corrected chi connectivity index (χ4v) is 4.87. The summed E-state index contributed by atoms with van der Waals surface area (Å²) in [6.07, 6.45) is 0. The third-order valence-corrected chi connectivity index (χ3v) is 5.75. The van der Waals surface area contributed by atoms with E-state index in [1.165, 1.54) is 11.1 Å². The molecule has 0 radical (unpaired) electrons. The molecule has 3 nitrogen and oxygen atoms in total. The Bertz CT molecular complexity index is 806. The molecule has 1 heterocycles. The van der Waals surface area contributed by atoms with Gasteiger partial charge in [-0.05, 0) is 29.2 Å². The van der Waals surface area contributed by atoms with Crippen LogP contribution in [-0.2, 0) is 14.3 Å². The first-order chi connectivity index (χ1) is 10.6. The van der Waals surface area contributed by atoms with Gasteiger partial charge in [-0.1, -0.05) is 48.5 Å². The maximum Gasteiger partial charge on any atom is 0.321 e. The molecule has 0 unspecified atom stereocenters. The van der Waals surface area contributed by atoms with Crippen LogP contribution in [0.5, 0.6) is 0 Å². The standard InChI is InChI=1S/C19H14O3/c1-19-15-12-8-4-2-6-10(12)14(11-7-3-5-9-13(11)15)16(19)17(20)22-18(19)21/h2-9,14-16H,1H3/t14?,15?,16-,19-/m0/s1. The first-order valence-electron chi connectivity index (χ1n) is 7.58. The number of ether oxygens (including phenoxy) is 1. The van der Waals surface area contributed by atoms with E-state index < -0.39 is 11.3 Å². The van der Waals surface area contributed by atoms with Crippen molar-refractivity contribution >= 4 is 11.9 Å². The van der Waals surface area contributed by atoms with E-state index in [0.717, 1.165) is 11.1 Å². The predicted molar refractivity (Wildman–Crippen MR) is 79.3 cm³/mol. The van der Waals surface area contributed by atoms with Gasteiger partial charge in [-0.25, -0.2) is 0 Å². The highest BCUT2D eigenvalue weighted by atomic mass is 16.6. The molecule has 2 aromatic carbocycles. The maximum absolute atomic E-state index is 12.5. The monoisotopic (exact) mass is 290 g/mol. The van der Waals surface area contributed by atoms with Crippen LogP contribution in [0, 0.1) is 11.3 Å². The van der Waals surface area contributed by atoms with E-state index in [4.69, 9.17) is 4.74 Å². The second-order valence-corrected chi connectivity index (χ2v) is 6.64. The van der Waals surface area contributed by atoms with Crippen LogP contribution in [-0.4, -0.2) is 11.9 Å². The molecular formula is C19H14O3. The lowest BCUT2D eigenvalue weighted by atomic mass is 9.48. The van der Waals surface area contributed by atoms with E-state index in [1.807, 2.05) is 31.2 Å². The van der Waals surface area contributed by atoms with Crippen LogP contribution in [0.3, 0.4) is 0 Å². The molecule has 0 spiro atoms. The van der Waals surface area contributed by atoms with E-state index in [1.54, 1.807) is 0 Å². The van der Waals surface area contributed by atoms with Gasteiger partial charge in [-0.3, -0.25) is 9.59 Å². The summed E-state index contributed by atoms with van der Waals surface area (Å²) in [5, 5.41) is 0. The molecule has 0 saturated carbocycles. The smallest absolute Gasteiger partial charge is 0.321 e. The number of hydrogen-bond donors (Lipinski definition) is 0. The summed E-state index contributed by atoms with van der Waals surface area (Å²) in [7, 11) is 0. The second kappa shape index (κ2) is 3.67. The molecule has 4 aliphatic rings. The summed E-state index contributed by atoms with van der Waals surface area (Å²) >= 11 is 0. The normalized spacial score (nSPS) is 34.0. The number of hydrogen-bond acceptors (Lipinski definition) is 3. The molecular weight excluding hydrogens is 276 g/mol. The zero-order valence-electron chi connectivity index (χ0n) is 12.1. The molecule has 6 rings (SSSR count). The minimum atomic E-state index is -0.787. The Kier molecular flexibility index (Phi) is 2.03. The van der Waals surface area contributed by atoms with Gasteiger partial charge in [0, 0.05) is 11.8 Å². The quantitative estimate of drug-likeness (QED) is 0.553. The lowest BCUT2D eigenvalue weighted by Gasteiger charge is -2.50. The Labute approximate surface area is 127 Å². The van der Waals surface area contributed by atoms with Gasteiger partial charge in [0.2, 0.25) is 0 Å². The highest BCUT2D eigenvalue weighted by molar-refractivity contribution is 6.02. The molecule has 108 valence electrons. The Balaban J connectivity index is 1.92. The number of benzene rings is 2. The van der Waals surface area contributed by atoms with Crippen molar-refractivity contribution in [2.75, 3.05) is 0 Å². The summed E-state index contributed by atoms with van der Waals surface area (Å²) in [6.45, 7) is 1.90. The van der Waals surface area contributed by atoms with E-state index in [0.29, 0.717) is 0 Å². The predicted octanol–water partition coefficient (Wildman–Crippen LogP) is 2.98. The summed E-state index contributed by atoms with van der Waals surface area (Å²) in [5.74, 6) is -1.34. The molecule has 0 N–H and O–H groups in total. The van der Waals surface area contributed by atoms with Crippen molar-refractivity contribution < 1.29 is 14.3 Å². The Morgan fingerprint density at radius 3 is 1.91 bits per heavy atom. The first-order valence-corrected chi connectivity index (χ1v) is 7.58. The van der Waals surface area contributed by atoms with Crippen molar-refractivity contribution in [1.29, 1.82) is 0 Å². The third-order valence-electron chi connectivity index (χ3n) is 5.75. The zero-order valence-corrected chi connectivity index (χ0v) is 12.1. The Morgan fingerprint density at radius 1 is 0.864 bits per heavy atom. The number of rotatable bonds is 0. The Hall–Kier alpha value is -2.42. The van der Waals surface area contributed by atoms with Gasteiger partial charge in [-0.15, -0.1) is 0 Å². The number of esters is 2. The molecule has 0 amide bonds. The lowest BCUT2D eigenvalue weighted by molar-refractivity contribution is -0.155. The topological polar surface area (TPSA) is 43.4 Å². The number of cyclic esters (lactones) is 2. The fraction of sp³-hybridized carbons (Fsp3) is 0.263.